The summed E-state index contributed by atoms with van der Waals surface area (Å²) in [4.78, 5) is 17.1. The molecule has 1 aliphatic carbocycles. The lowest BCUT2D eigenvalue weighted by Crippen LogP contribution is -2.46. The number of benzene rings is 1. The van der Waals surface area contributed by atoms with E-state index in [4.69, 9.17) is 4.74 Å². The Kier molecular flexibility index (Phi) is 7.57. The minimum atomic E-state index is -0.145. The lowest BCUT2D eigenvalue weighted by Gasteiger charge is -2.41. The zero-order valence-electron chi connectivity index (χ0n) is 17.3. The Hall–Kier alpha value is -1.44. The predicted octanol–water partition coefficient (Wildman–Crippen LogP) is 3.25. The fraction of sp³-hybridized carbons (Fsp3) is 0.682. The number of carbonyl (C=O) groups is 1. The van der Waals surface area contributed by atoms with Crippen molar-refractivity contribution < 1.29 is 9.53 Å². The van der Waals surface area contributed by atoms with Crippen LogP contribution in [0.15, 0.2) is 24.3 Å². The third kappa shape index (κ3) is 6.27. The van der Waals surface area contributed by atoms with Crippen LogP contribution >= 0.6 is 11.8 Å². The molecule has 1 saturated carbocycles. The molecule has 3 aliphatic rings. The summed E-state index contributed by atoms with van der Waals surface area (Å²) in [7, 11) is 0. The van der Waals surface area contributed by atoms with Gasteiger partial charge in [0.2, 0.25) is 0 Å². The standard InChI is InChI=1S/C22H34N4O2S/c27-22(23-10-13-25-14-16-29-17-15-25)24-18-4-6-20(7-5-18)28-21-8-11-26(12-9-21)19-2-1-3-19/h4-7,19,21H,1-3,8-17H2,(H2,23,24,27). The van der Waals surface area contributed by atoms with Crippen LogP contribution in [-0.2, 0) is 0 Å². The molecule has 2 saturated heterocycles. The highest BCUT2D eigenvalue weighted by molar-refractivity contribution is 7.99. The van der Waals surface area contributed by atoms with Gasteiger partial charge in [-0.3, -0.25) is 4.90 Å². The molecule has 1 aromatic carbocycles. The van der Waals surface area contributed by atoms with Crippen molar-refractivity contribution in [3.63, 3.8) is 0 Å². The number of likely N-dealkylation sites (tertiary alicyclic amines) is 1. The molecule has 0 unspecified atom stereocenters. The Balaban J connectivity index is 1.14. The van der Waals surface area contributed by atoms with Crippen LogP contribution in [0.2, 0.25) is 0 Å². The first-order chi connectivity index (χ1) is 14.3. The Morgan fingerprint density at radius 2 is 1.76 bits per heavy atom. The van der Waals surface area contributed by atoms with E-state index in [0.29, 0.717) is 12.6 Å². The van der Waals surface area contributed by atoms with Gasteiger partial charge in [-0.05, 0) is 49.9 Å². The molecule has 4 rings (SSSR count). The normalized spacial score (nSPS) is 22.1. The van der Waals surface area contributed by atoms with Gasteiger partial charge in [-0.2, -0.15) is 11.8 Å². The SMILES string of the molecule is O=C(NCCN1CCSCC1)Nc1ccc(OC2CCN(C3CCC3)CC2)cc1. The van der Waals surface area contributed by atoms with Gasteiger partial charge in [-0.25, -0.2) is 4.79 Å². The van der Waals surface area contributed by atoms with Crippen LogP contribution in [0.3, 0.4) is 0 Å². The van der Waals surface area contributed by atoms with Crippen LogP contribution in [0.25, 0.3) is 0 Å². The van der Waals surface area contributed by atoms with E-state index in [1.807, 2.05) is 36.0 Å². The Morgan fingerprint density at radius 1 is 1.03 bits per heavy atom. The van der Waals surface area contributed by atoms with E-state index in [2.05, 4.69) is 20.4 Å². The number of hydrogen-bond donors (Lipinski definition) is 2. The van der Waals surface area contributed by atoms with Gasteiger partial charge < -0.3 is 20.3 Å². The highest BCUT2D eigenvalue weighted by atomic mass is 32.2. The third-order valence-corrected chi connectivity index (χ3v) is 7.24. The molecule has 2 amide bonds. The number of ether oxygens (including phenoxy) is 1. The van der Waals surface area contributed by atoms with Gasteiger partial charge in [0.25, 0.3) is 0 Å². The molecular weight excluding hydrogens is 384 g/mol. The smallest absolute Gasteiger partial charge is 0.319 e. The highest BCUT2D eigenvalue weighted by Crippen LogP contribution is 2.28. The summed E-state index contributed by atoms with van der Waals surface area (Å²) in [6, 6.07) is 8.44. The molecule has 0 radical (unpaired) electrons. The summed E-state index contributed by atoms with van der Waals surface area (Å²) < 4.78 is 6.16. The monoisotopic (exact) mass is 418 g/mol. The Labute approximate surface area is 178 Å². The second-order valence-corrected chi connectivity index (χ2v) is 9.52. The van der Waals surface area contributed by atoms with Crippen LogP contribution in [0, 0.1) is 0 Å². The van der Waals surface area contributed by atoms with Crippen LogP contribution in [0.1, 0.15) is 32.1 Å². The lowest BCUT2D eigenvalue weighted by atomic mass is 9.90. The van der Waals surface area contributed by atoms with Gasteiger partial charge in [-0.15, -0.1) is 0 Å². The zero-order valence-corrected chi connectivity index (χ0v) is 18.1. The molecule has 2 N–H and O–H groups in total. The number of nitrogens with zero attached hydrogens (tertiary/aromatic N) is 2. The maximum Gasteiger partial charge on any atom is 0.319 e. The van der Waals surface area contributed by atoms with E-state index < -0.39 is 0 Å². The van der Waals surface area contributed by atoms with Crippen molar-refractivity contribution >= 4 is 23.5 Å². The molecule has 2 aliphatic heterocycles. The van der Waals surface area contributed by atoms with Crippen molar-refractivity contribution in [2.45, 2.75) is 44.2 Å². The summed E-state index contributed by atoms with van der Waals surface area (Å²) in [6.45, 7) is 6.15. The van der Waals surface area contributed by atoms with Crippen LogP contribution < -0.4 is 15.4 Å². The fourth-order valence-electron chi connectivity index (χ4n) is 4.25. The first kappa shape index (κ1) is 20.8. The van der Waals surface area contributed by atoms with E-state index >= 15 is 0 Å². The average Bonchev–Trinajstić information content (AvgIpc) is 2.70. The maximum absolute atomic E-state index is 12.1. The molecule has 7 heteroatoms. The summed E-state index contributed by atoms with van der Waals surface area (Å²) >= 11 is 2.00. The Morgan fingerprint density at radius 3 is 2.41 bits per heavy atom. The minimum absolute atomic E-state index is 0.145. The average molecular weight is 419 g/mol. The van der Waals surface area contributed by atoms with Gasteiger partial charge >= 0.3 is 6.03 Å². The highest BCUT2D eigenvalue weighted by Gasteiger charge is 2.29. The maximum atomic E-state index is 12.1. The van der Waals surface area contributed by atoms with Crippen LogP contribution in [-0.4, -0.2) is 78.8 Å². The number of nitrogens with one attached hydrogen (secondary N) is 2. The van der Waals surface area contributed by atoms with Crippen molar-refractivity contribution in [1.82, 2.24) is 15.1 Å². The van der Waals surface area contributed by atoms with Crippen molar-refractivity contribution in [3.8, 4) is 5.75 Å². The molecule has 1 aromatic rings. The molecule has 29 heavy (non-hydrogen) atoms. The van der Waals surface area contributed by atoms with Gasteiger partial charge in [0.05, 0.1) is 0 Å². The number of hydrogen-bond acceptors (Lipinski definition) is 5. The first-order valence-corrected chi connectivity index (χ1v) is 12.3. The van der Waals surface area contributed by atoms with E-state index in [1.54, 1.807) is 0 Å². The van der Waals surface area contributed by atoms with Crippen molar-refractivity contribution in [1.29, 1.82) is 0 Å². The van der Waals surface area contributed by atoms with Crippen molar-refractivity contribution in [2.75, 3.05) is 56.1 Å². The number of piperidine rings is 1. The molecule has 160 valence electrons. The zero-order chi connectivity index (χ0) is 19.9. The minimum Gasteiger partial charge on any atom is -0.490 e. The molecule has 2 heterocycles. The number of urea groups is 1. The van der Waals surface area contributed by atoms with Gasteiger partial charge in [0.1, 0.15) is 11.9 Å². The summed E-state index contributed by atoms with van der Waals surface area (Å²) in [5, 5.41) is 5.85. The molecular formula is C22H34N4O2S. The molecule has 0 bridgehead atoms. The summed E-state index contributed by atoms with van der Waals surface area (Å²) in [6.07, 6.45) is 6.68. The van der Waals surface area contributed by atoms with Gasteiger partial charge in [0, 0.05) is 62.5 Å². The second-order valence-electron chi connectivity index (χ2n) is 8.30. The molecule has 6 nitrogen and oxygen atoms in total. The molecule has 3 fully saturated rings. The van der Waals surface area contributed by atoms with E-state index in [1.165, 1.54) is 30.8 Å². The molecule has 0 spiro atoms. The molecule has 0 aromatic heterocycles. The third-order valence-electron chi connectivity index (χ3n) is 6.30. The number of amides is 2. The fourth-order valence-corrected chi connectivity index (χ4v) is 5.23. The number of anilines is 1. The number of thioether (sulfide) groups is 1. The van der Waals surface area contributed by atoms with E-state index in [-0.39, 0.29) is 6.03 Å². The second kappa shape index (κ2) is 10.5. The van der Waals surface area contributed by atoms with Gasteiger partial charge in [-0.1, -0.05) is 6.42 Å². The Bertz CT molecular complexity index is 639. The number of rotatable bonds is 7. The van der Waals surface area contributed by atoms with E-state index in [9.17, 15) is 4.79 Å². The topological polar surface area (TPSA) is 56.8 Å². The summed E-state index contributed by atoms with van der Waals surface area (Å²) in [5.74, 6) is 3.28. The number of carbonyl (C=O) groups excluding carboxylic acids is 1. The van der Waals surface area contributed by atoms with Crippen LogP contribution in [0.4, 0.5) is 10.5 Å². The van der Waals surface area contributed by atoms with E-state index in [0.717, 1.165) is 63.0 Å². The largest absolute Gasteiger partial charge is 0.490 e. The predicted molar refractivity (Wildman–Crippen MR) is 120 cm³/mol. The first-order valence-electron chi connectivity index (χ1n) is 11.1. The molecule has 0 atom stereocenters. The van der Waals surface area contributed by atoms with Crippen molar-refractivity contribution in [3.05, 3.63) is 24.3 Å². The van der Waals surface area contributed by atoms with Crippen molar-refractivity contribution in [2.24, 2.45) is 0 Å². The lowest BCUT2D eigenvalue weighted by molar-refractivity contribution is 0.0493. The quantitative estimate of drug-likeness (QED) is 0.712. The van der Waals surface area contributed by atoms with Crippen LogP contribution in [0.5, 0.6) is 5.75 Å². The summed E-state index contributed by atoms with van der Waals surface area (Å²) in [5.41, 5.74) is 0.795. The van der Waals surface area contributed by atoms with Gasteiger partial charge in [0.15, 0.2) is 0 Å².